The van der Waals surface area contributed by atoms with Gasteiger partial charge >= 0.3 is 0 Å². The normalized spacial score (nSPS) is 23.2. The van der Waals surface area contributed by atoms with Crippen LogP contribution in [0, 0.1) is 11.8 Å². The second kappa shape index (κ2) is 9.40. The summed E-state index contributed by atoms with van der Waals surface area (Å²) in [6.07, 6.45) is 14.4. The number of hydrogen-bond donors (Lipinski definition) is 0. The molecule has 0 bridgehead atoms. The van der Waals surface area contributed by atoms with Crippen LogP contribution in [-0.4, -0.2) is 0 Å². The van der Waals surface area contributed by atoms with Crippen LogP contribution < -0.4 is 0 Å². The van der Waals surface area contributed by atoms with E-state index in [-0.39, 0.29) is 0 Å². The predicted molar refractivity (Wildman–Crippen MR) is 98.6 cm³/mol. The van der Waals surface area contributed by atoms with Gasteiger partial charge in [-0.15, -0.1) is 6.58 Å². The monoisotopic (exact) mass is 318 g/mol. The fourth-order valence-electron chi connectivity index (χ4n) is 4.05. The lowest BCUT2D eigenvalue weighted by Crippen LogP contribution is -2.20. The van der Waals surface area contributed by atoms with Crippen LogP contribution >= 0.6 is 11.6 Å². The SMILES string of the molecule is C=CCC(c1ccc(Cl)cc1)[C@H]1CC[C@H](CCCCC)CC1. The molecule has 1 aromatic rings. The summed E-state index contributed by atoms with van der Waals surface area (Å²) in [5.74, 6) is 2.44. The van der Waals surface area contributed by atoms with Crippen LogP contribution in [0.15, 0.2) is 36.9 Å². The molecule has 1 saturated carbocycles. The molecule has 0 spiro atoms. The molecule has 1 aliphatic carbocycles. The van der Waals surface area contributed by atoms with Crippen molar-refractivity contribution in [2.45, 2.75) is 70.6 Å². The van der Waals surface area contributed by atoms with E-state index in [1.54, 1.807) is 0 Å². The average Bonchev–Trinajstić information content (AvgIpc) is 2.55. The molecule has 0 aromatic heterocycles. The molecule has 1 unspecified atom stereocenters. The van der Waals surface area contributed by atoms with Crippen LogP contribution in [0.2, 0.25) is 5.02 Å². The first-order valence-corrected chi connectivity index (χ1v) is 9.48. The molecule has 0 aliphatic heterocycles. The van der Waals surface area contributed by atoms with E-state index in [4.69, 9.17) is 11.6 Å². The predicted octanol–water partition coefficient (Wildman–Crippen LogP) is 7.39. The third kappa shape index (κ3) is 5.16. The van der Waals surface area contributed by atoms with Gasteiger partial charge in [0.25, 0.3) is 0 Å². The van der Waals surface area contributed by atoms with Gasteiger partial charge in [-0.2, -0.15) is 0 Å². The summed E-state index contributed by atoms with van der Waals surface area (Å²) in [7, 11) is 0. The molecule has 0 saturated heterocycles. The fraction of sp³-hybridized carbons (Fsp3) is 0.619. The molecule has 22 heavy (non-hydrogen) atoms. The summed E-state index contributed by atoms with van der Waals surface area (Å²) in [5.41, 5.74) is 1.44. The largest absolute Gasteiger partial charge is 0.103 e. The molecule has 0 heterocycles. The van der Waals surface area contributed by atoms with Crippen molar-refractivity contribution < 1.29 is 0 Å². The molecule has 2 rings (SSSR count). The van der Waals surface area contributed by atoms with Crippen molar-refractivity contribution in [1.29, 1.82) is 0 Å². The number of benzene rings is 1. The highest BCUT2D eigenvalue weighted by atomic mass is 35.5. The minimum atomic E-state index is 0.631. The van der Waals surface area contributed by atoms with E-state index in [1.807, 2.05) is 12.1 Å². The van der Waals surface area contributed by atoms with Crippen LogP contribution in [0.25, 0.3) is 0 Å². The Morgan fingerprint density at radius 1 is 1.14 bits per heavy atom. The van der Waals surface area contributed by atoms with Crippen LogP contribution in [-0.2, 0) is 0 Å². The Morgan fingerprint density at radius 2 is 1.82 bits per heavy atom. The highest BCUT2D eigenvalue weighted by Gasteiger charge is 2.27. The van der Waals surface area contributed by atoms with Gasteiger partial charge in [-0.25, -0.2) is 0 Å². The third-order valence-corrected chi connectivity index (χ3v) is 5.65. The molecular weight excluding hydrogens is 288 g/mol. The Hall–Kier alpha value is -0.750. The van der Waals surface area contributed by atoms with Crippen molar-refractivity contribution in [2.75, 3.05) is 0 Å². The van der Waals surface area contributed by atoms with Crippen LogP contribution in [0.3, 0.4) is 0 Å². The van der Waals surface area contributed by atoms with E-state index < -0.39 is 0 Å². The Labute approximate surface area is 142 Å². The van der Waals surface area contributed by atoms with Crippen molar-refractivity contribution in [3.63, 3.8) is 0 Å². The summed E-state index contributed by atoms with van der Waals surface area (Å²) < 4.78 is 0. The molecule has 1 aliphatic rings. The van der Waals surface area contributed by atoms with E-state index in [0.29, 0.717) is 5.92 Å². The lowest BCUT2D eigenvalue weighted by atomic mass is 9.71. The van der Waals surface area contributed by atoms with E-state index in [2.05, 4.69) is 31.7 Å². The molecule has 122 valence electrons. The van der Waals surface area contributed by atoms with Gasteiger partial charge in [-0.05, 0) is 54.7 Å². The third-order valence-electron chi connectivity index (χ3n) is 5.40. The molecule has 0 nitrogen and oxygen atoms in total. The van der Waals surface area contributed by atoms with Crippen molar-refractivity contribution >= 4 is 11.6 Å². The fourth-order valence-corrected chi connectivity index (χ4v) is 4.18. The second-order valence-corrected chi connectivity index (χ2v) is 7.40. The zero-order valence-electron chi connectivity index (χ0n) is 14.1. The van der Waals surface area contributed by atoms with Gasteiger partial charge in [0.1, 0.15) is 0 Å². The van der Waals surface area contributed by atoms with Gasteiger partial charge in [0, 0.05) is 5.02 Å². The zero-order valence-corrected chi connectivity index (χ0v) is 14.8. The summed E-state index contributed by atoms with van der Waals surface area (Å²) in [6, 6.07) is 8.49. The first kappa shape index (κ1) is 17.6. The van der Waals surface area contributed by atoms with Crippen LogP contribution in [0.5, 0.6) is 0 Å². The standard InChI is InChI=1S/C21H31Cl/c1-3-5-6-8-17-9-11-18(12-10-17)21(7-4-2)19-13-15-20(22)16-14-19/h4,13-18,21H,2-3,5-12H2,1H3/t17-,18-,21?. The van der Waals surface area contributed by atoms with Crippen molar-refractivity contribution in [1.82, 2.24) is 0 Å². The van der Waals surface area contributed by atoms with E-state index >= 15 is 0 Å². The average molecular weight is 319 g/mol. The number of hydrogen-bond acceptors (Lipinski definition) is 0. The summed E-state index contributed by atoms with van der Waals surface area (Å²) in [5, 5.41) is 0.834. The van der Waals surface area contributed by atoms with Gasteiger partial charge in [0.15, 0.2) is 0 Å². The molecule has 1 atom stereocenters. The Balaban J connectivity index is 1.91. The molecule has 1 fully saturated rings. The van der Waals surface area contributed by atoms with E-state index in [9.17, 15) is 0 Å². The van der Waals surface area contributed by atoms with Crippen molar-refractivity contribution in [2.24, 2.45) is 11.8 Å². The van der Waals surface area contributed by atoms with Gasteiger partial charge in [-0.3, -0.25) is 0 Å². The van der Waals surface area contributed by atoms with Gasteiger partial charge in [0.2, 0.25) is 0 Å². The summed E-state index contributed by atoms with van der Waals surface area (Å²) in [6.45, 7) is 6.27. The first-order chi connectivity index (χ1) is 10.7. The molecule has 1 heteroatoms. The maximum Gasteiger partial charge on any atom is 0.0406 e. The second-order valence-electron chi connectivity index (χ2n) is 6.96. The smallest absolute Gasteiger partial charge is 0.0406 e. The highest BCUT2D eigenvalue weighted by molar-refractivity contribution is 6.30. The Kier molecular flexibility index (Phi) is 7.52. The minimum Gasteiger partial charge on any atom is -0.103 e. The lowest BCUT2D eigenvalue weighted by molar-refractivity contribution is 0.230. The van der Waals surface area contributed by atoms with Gasteiger partial charge in [0.05, 0.1) is 0 Å². The van der Waals surface area contributed by atoms with Crippen molar-refractivity contribution in [3.8, 4) is 0 Å². The first-order valence-electron chi connectivity index (χ1n) is 9.11. The van der Waals surface area contributed by atoms with Gasteiger partial charge < -0.3 is 0 Å². The lowest BCUT2D eigenvalue weighted by Gasteiger charge is -2.34. The molecule has 1 aromatic carbocycles. The van der Waals surface area contributed by atoms with Crippen molar-refractivity contribution in [3.05, 3.63) is 47.5 Å². The zero-order chi connectivity index (χ0) is 15.8. The molecule has 0 amide bonds. The summed E-state index contributed by atoms with van der Waals surface area (Å²) in [4.78, 5) is 0. The van der Waals surface area contributed by atoms with Gasteiger partial charge in [-0.1, -0.05) is 75.3 Å². The van der Waals surface area contributed by atoms with Crippen LogP contribution in [0.1, 0.15) is 76.2 Å². The topological polar surface area (TPSA) is 0 Å². The maximum absolute atomic E-state index is 6.04. The molecular formula is C21H31Cl. The number of allylic oxidation sites excluding steroid dienone is 1. The van der Waals surface area contributed by atoms with E-state index in [0.717, 1.165) is 23.3 Å². The minimum absolute atomic E-state index is 0.631. The number of rotatable bonds is 8. The maximum atomic E-state index is 6.04. The molecule has 0 radical (unpaired) electrons. The molecule has 0 N–H and O–H groups in total. The highest BCUT2D eigenvalue weighted by Crippen LogP contribution is 2.41. The number of unbranched alkanes of at least 4 members (excludes halogenated alkanes) is 2. The quantitative estimate of drug-likeness (QED) is 0.346. The summed E-state index contributed by atoms with van der Waals surface area (Å²) >= 11 is 6.04. The van der Waals surface area contributed by atoms with Crippen LogP contribution in [0.4, 0.5) is 0 Å². The Morgan fingerprint density at radius 3 is 2.41 bits per heavy atom. The Bertz CT molecular complexity index is 426. The van der Waals surface area contributed by atoms with E-state index in [1.165, 1.54) is 56.9 Å². The number of halogens is 1.